The Hall–Kier alpha value is -0.840. The molecular weight excluding hydrogens is 154 g/mol. The van der Waals surface area contributed by atoms with Crippen molar-refractivity contribution in [3.63, 3.8) is 0 Å². The molecular formula is C5H5NO3S. The lowest BCUT2D eigenvalue weighted by molar-refractivity contribution is -0.104. The Morgan fingerprint density at radius 2 is 2.50 bits per heavy atom. The van der Waals surface area contributed by atoms with Crippen molar-refractivity contribution >= 4 is 18.0 Å². The molecule has 0 bridgehead atoms. The normalized spacial score (nSPS) is 25.0. The van der Waals surface area contributed by atoms with E-state index in [0.29, 0.717) is 6.29 Å². The first-order valence-electron chi connectivity index (χ1n) is 2.64. The Labute approximate surface area is 61.3 Å². The smallest absolute Gasteiger partial charge is 0.159 e. The van der Waals surface area contributed by atoms with Crippen LogP contribution in [0.25, 0.3) is 0 Å². The number of carbonyl (C=O) groups is 1. The van der Waals surface area contributed by atoms with E-state index in [1.165, 1.54) is 0 Å². The van der Waals surface area contributed by atoms with E-state index in [1.807, 2.05) is 0 Å². The van der Waals surface area contributed by atoms with Gasteiger partial charge in [0.05, 0.1) is 4.91 Å². The highest BCUT2D eigenvalue weighted by molar-refractivity contribution is 8.04. The quantitative estimate of drug-likeness (QED) is 0.485. The van der Waals surface area contributed by atoms with Crippen molar-refractivity contribution in [1.29, 1.82) is 0 Å². The minimum absolute atomic E-state index is 0.0235. The lowest BCUT2D eigenvalue weighted by atomic mass is 10.3. The third-order valence-electron chi connectivity index (χ3n) is 1.14. The summed E-state index contributed by atoms with van der Waals surface area (Å²) in [6.07, 6.45) is 0.716. The van der Waals surface area contributed by atoms with Crippen LogP contribution < -0.4 is 0 Å². The minimum Gasteiger partial charge on any atom is -0.511 e. The number of hydrogen-bond acceptors (Lipinski definition) is 5. The number of thioether (sulfide) groups is 1. The number of carbonyl (C=O) groups excluding carboxylic acids is 1. The van der Waals surface area contributed by atoms with E-state index < -0.39 is 5.37 Å². The summed E-state index contributed by atoms with van der Waals surface area (Å²) in [5.74, 6) is -0.0235. The van der Waals surface area contributed by atoms with Crippen molar-refractivity contribution in [3.05, 3.63) is 15.6 Å². The van der Waals surface area contributed by atoms with Gasteiger partial charge in [-0.2, -0.15) is 0 Å². The number of nitrogens with zero attached hydrogens (tertiary/aromatic N) is 1. The summed E-state index contributed by atoms with van der Waals surface area (Å²) in [6, 6.07) is 0. The SMILES string of the molecule is O=CC1=C(O)CC(N=O)S1. The van der Waals surface area contributed by atoms with Crippen LogP contribution in [0.5, 0.6) is 0 Å². The second-order valence-corrected chi connectivity index (χ2v) is 3.03. The van der Waals surface area contributed by atoms with E-state index in [9.17, 15) is 9.70 Å². The number of aliphatic hydroxyl groups excluding tert-OH is 1. The maximum atomic E-state index is 10.1. The third kappa shape index (κ3) is 1.18. The number of aliphatic hydroxyl groups is 1. The van der Waals surface area contributed by atoms with Gasteiger partial charge >= 0.3 is 0 Å². The first kappa shape index (κ1) is 7.27. The van der Waals surface area contributed by atoms with Crippen LogP contribution in [0.1, 0.15) is 6.42 Å². The van der Waals surface area contributed by atoms with Crippen LogP contribution >= 0.6 is 11.8 Å². The first-order valence-corrected chi connectivity index (χ1v) is 3.52. The molecule has 5 heteroatoms. The molecule has 0 radical (unpaired) electrons. The van der Waals surface area contributed by atoms with Gasteiger partial charge in [-0.3, -0.25) is 4.79 Å². The molecule has 0 aromatic rings. The molecule has 0 saturated carbocycles. The summed E-state index contributed by atoms with van der Waals surface area (Å²) in [5, 5.41) is 11.1. The molecule has 10 heavy (non-hydrogen) atoms. The zero-order valence-electron chi connectivity index (χ0n) is 4.98. The fourth-order valence-electron chi connectivity index (χ4n) is 0.677. The van der Waals surface area contributed by atoms with E-state index >= 15 is 0 Å². The molecule has 0 amide bonds. The van der Waals surface area contributed by atoms with Crippen LogP contribution in [0.15, 0.2) is 15.8 Å². The van der Waals surface area contributed by atoms with Crippen molar-refractivity contribution in [2.75, 3.05) is 0 Å². The van der Waals surface area contributed by atoms with Gasteiger partial charge in [0.15, 0.2) is 6.29 Å². The molecule has 0 spiro atoms. The number of allylic oxidation sites excluding steroid dienone is 1. The van der Waals surface area contributed by atoms with Crippen LogP contribution in [0, 0.1) is 4.91 Å². The zero-order valence-corrected chi connectivity index (χ0v) is 5.80. The molecule has 4 nitrogen and oxygen atoms in total. The zero-order chi connectivity index (χ0) is 7.56. The Kier molecular flexibility index (Phi) is 2.06. The average Bonchev–Trinajstić information content (AvgIpc) is 2.30. The molecule has 0 saturated heterocycles. The predicted octanol–water partition coefficient (Wildman–Crippen LogP) is 1.18. The summed E-state index contributed by atoms with van der Waals surface area (Å²) in [5.41, 5.74) is 0. The summed E-state index contributed by atoms with van der Waals surface area (Å²) < 4.78 is 0. The molecule has 54 valence electrons. The Balaban J connectivity index is 2.67. The fourth-order valence-corrected chi connectivity index (χ4v) is 1.53. The molecule has 1 rings (SSSR count). The average molecular weight is 159 g/mol. The Bertz CT molecular complexity index is 201. The topological polar surface area (TPSA) is 66.7 Å². The molecule has 1 atom stereocenters. The van der Waals surface area contributed by atoms with Gasteiger partial charge in [0.1, 0.15) is 11.1 Å². The van der Waals surface area contributed by atoms with Crippen molar-refractivity contribution in [2.24, 2.45) is 5.18 Å². The second-order valence-electron chi connectivity index (χ2n) is 1.81. The third-order valence-corrected chi connectivity index (χ3v) is 2.25. The second kappa shape index (κ2) is 2.83. The van der Waals surface area contributed by atoms with Gasteiger partial charge in [0, 0.05) is 6.42 Å². The van der Waals surface area contributed by atoms with E-state index in [1.54, 1.807) is 0 Å². The molecule has 0 aliphatic carbocycles. The van der Waals surface area contributed by atoms with E-state index in [0.717, 1.165) is 11.8 Å². The lowest BCUT2D eigenvalue weighted by Gasteiger charge is -1.91. The lowest BCUT2D eigenvalue weighted by Crippen LogP contribution is -1.89. The molecule has 1 aliphatic heterocycles. The monoisotopic (exact) mass is 159 g/mol. The van der Waals surface area contributed by atoms with E-state index in [4.69, 9.17) is 5.11 Å². The van der Waals surface area contributed by atoms with E-state index in [-0.39, 0.29) is 17.1 Å². The van der Waals surface area contributed by atoms with Crippen LogP contribution in [0.2, 0.25) is 0 Å². The van der Waals surface area contributed by atoms with Gasteiger partial charge < -0.3 is 5.11 Å². The van der Waals surface area contributed by atoms with Crippen LogP contribution in [-0.4, -0.2) is 16.8 Å². The van der Waals surface area contributed by atoms with Crippen molar-refractivity contribution in [1.82, 2.24) is 0 Å². The summed E-state index contributed by atoms with van der Waals surface area (Å²) in [6.45, 7) is 0. The van der Waals surface area contributed by atoms with Gasteiger partial charge in [-0.15, -0.1) is 4.91 Å². The van der Waals surface area contributed by atoms with Gasteiger partial charge in [-0.25, -0.2) is 0 Å². The largest absolute Gasteiger partial charge is 0.511 e. The maximum Gasteiger partial charge on any atom is 0.159 e. The van der Waals surface area contributed by atoms with Gasteiger partial charge in [-0.05, 0) is 0 Å². The summed E-state index contributed by atoms with van der Waals surface area (Å²) in [4.78, 5) is 20.2. The molecule has 1 N–H and O–H groups in total. The molecule has 0 aromatic heterocycles. The molecule has 0 fully saturated rings. The number of rotatable bonds is 2. The van der Waals surface area contributed by atoms with Crippen LogP contribution in [0.3, 0.4) is 0 Å². The van der Waals surface area contributed by atoms with Gasteiger partial charge in [-0.1, -0.05) is 16.9 Å². The summed E-state index contributed by atoms with van der Waals surface area (Å²) in [7, 11) is 0. The Morgan fingerprint density at radius 1 is 1.80 bits per heavy atom. The van der Waals surface area contributed by atoms with E-state index in [2.05, 4.69) is 5.18 Å². The van der Waals surface area contributed by atoms with Gasteiger partial charge in [0.25, 0.3) is 0 Å². The van der Waals surface area contributed by atoms with Gasteiger partial charge in [0.2, 0.25) is 0 Å². The molecule has 1 aliphatic rings. The summed E-state index contributed by atoms with van der Waals surface area (Å²) >= 11 is 1.00. The highest BCUT2D eigenvalue weighted by Crippen LogP contribution is 2.35. The minimum atomic E-state index is -0.514. The standard InChI is InChI=1S/C5H5NO3S/c7-2-4-3(8)1-5(6-9)10-4/h2,5,8H,1H2. The highest BCUT2D eigenvalue weighted by atomic mass is 32.2. The van der Waals surface area contributed by atoms with Crippen molar-refractivity contribution < 1.29 is 9.90 Å². The molecule has 0 aromatic carbocycles. The van der Waals surface area contributed by atoms with Crippen LogP contribution in [-0.2, 0) is 4.79 Å². The van der Waals surface area contributed by atoms with Crippen molar-refractivity contribution in [2.45, 2.75) is 11.8 Å². The number of nitroso groups, excluding NO2 is 1. The molecule has 1 heterocycles. The van der Waals surface area contributed by atoms with Crippen LogP contribution in [0.4, 0.5) is 0 Å². The number of aldehydes is 1. The predicted molar refractivity (Wildman–Crippen MR) is 37.5 cm³/mol. The highest BCUT2D eigenvalue weighted by Gasteiger charge is 2.24. The fraction of sp³-hybridized carbons (Fsp3) is 0.400. The Morgan fingerprint density at radius 3 is 2.80 bits per heavy atom. The maximum absolute atomic E-state index is 10.1. The molecule has 1 unspecified atom stereocenters. The first-order chi connectivity index (χ1) is 4.77. The number of hydrogen-bond donors (Lipinski definition) is 1. The van der Waals surface area contributed by atoms with Crippen molar-refractivity contribution in [3.8, 4) is 0 Å².